The second kappa shape index (κ2) is 6.31. The van der Waals surface area contributed by atoms with Crippen LogP contribution in [0.4, 0.5) is 11.4 Å². The molecule has 6 nitrogen and oxygen atoms in total. The first-order chi connectivity index (χ1) is 11.5. The zero-order valence-electron chi connectivity index (χ0n) is 13.6. The summed E-state index contributed by atoms with van der Waals surface area (Å²) in [5.74, 6) is 0.404. The maximum absolute atomic E-state index is 13.0. The Bertz CT molecular complexity index is 817. The summed E-state index contributed by atoms with van der Waals surface area (Å²) >= 11 is 0. The Hall–Kier alpha value is -2.89. The largest absolute Gasteiger partial charge is 0.497 e. The van der Waals surface area contributed by atoms with Crippen LogP contribution in [0.25, 0.3) is 0 Å². The number of hydrogen-bond donors (Lipinski definition) is 0. The summed E-state index contributed by atoms with van der Waals surface area (Å²) in [6, 6.07) is 10.4. The van der Waals surface area contributed by atoms with Crippen LogP contribution in [-0.4, -0.2) is 24.5 Å². The lowest BCUT2D eigenvalue weighted by Gasteiger charge is -2.29. The van der Waals surface area contributed by atoms with E-state index in [0.29, 0.717) is 12.1 Å². The van der Waals surface area contributed by atoms with E-state index in [1.165, 1.54) is 6.07 Å². The Balaban J connectivity index is 2.05. The minimum atomic E-state index is -0.485. The smallest absolute Gasteiger partial charge is 0.285 e. The van der Waals surface area contributed by atoms with Gasteiger partial charge in [0.15, 0.2) is 0 Å². The number of benzene rings is 2. The van der Waals surface area contributed by atoms with Crippen LogP contribution in [0.3, 0.4) is 0 Å². The molecule has 0 fully saturated rings. The predicted molar refractivity (Wildman–Crippen MR) is 90.8 cm³/mol. The minimum Gasteiger partial charge on any atom is -0.497 e. The van der Waals surface area contributed by atoms with Gasteiger partial charge in [-0.15, -0.1) is 0 Å². The van der Waals surface area contributed by atoms with Gasteiger partial charge in [-0.2, -0.15) is 0 Å². The lowest BCUT2D eigenvalue weighted by Crippen LogP contribution is -2.35. The molecule has 0 atom stereocenters. The molecule has 1 amide bonds. The first kappa shape index (κ1) is 16.0. The number of nitro groups is 1. The summed E-state index contributed by atoms with van der Waals surface area (Å²) in [6.45, 7) is 2.19. The summed E-state index contributed by atoms with van der Waals surface area (Å²) < 4.78 is 5.23. The SMILES string of the molecule is COc1ccc2c(c1)CCCN2C(=O)c1cccc(C)c1[N+](=O)[O-]. The summed E-state index contributed by atoms with van der Waals surface area (Å²) in [5.41, 5.74) is 2.30. The van der Waals surface area contributed by atoms with E-state index in [2.05, 4.69) is 0 Å². The number of rotatable bonds is 3. The van der Waals surface area contributed by atoms with Gasteiger partial charge in [0.2, 0.25) is 0 Å². The molecule has 0 unspecified atom stereocenters. The molecule has 124 valence electrons. The number of methoxy groups -OCH3 is 1. The van der Waals surface area contributed by atoms with Crippen molar-refractivity contribution in [1.29, 1.82) is 0 Å². The normalized spacial score (nSPS) is 13.3. The molecule has 1 aliphatic heterocycles. The fraction of sp³-hybridized carbons (Fsp3) is 0.278. The number of anilines is 1. The van der Waals surface area contributed by atoms with Gasteiger partial charge >= 0.3 is 0 Å². The minimum absolute atomic E-state index is 0.122. The molecule has 0 N–H and O–H groups in total. The van der Waals surface area contributed by atoms with E-state index in [1.54, 1.807) is 37.1 Å². The molecule has 3 rings (SSSR count). The highest BCUT2D eigenvalue weighted by Crippen LogP contribution is 2.33. The number of nitrogens with zero attached hydrogens (tertiary/aromatic N) is 2. The average Bonchev–Trinajstić information content (AvgIpc) is 2.59. The predicted octanol–water partition coefficient (Wildman–Crippen LogP) is 3.50. The summed E-state index contributed by atoms with van der Waals surface area (Å²) in [6.07, 6.45) is 1.66. The van der Waals surface area contributed by atoms with Crippen LogP contribution in [0.5, 0.6) is 5.75 Å². The Labute approximate surface area is 139 Å². The van der Waals surface area contributed by atoms with Crippen LogP contribution in [0.2, 0.25) is 0 Å². The number of fused-ring (bicyclic) bond motifs is 1. The molecule has 2 aromatic carbocycles. The molecular weight excluding hydrogens is 308 g/mol. The highest BCUT2D eigenvalue weighted by atomic mass is 16.6. The monoisotopic (exact) mass is 326 g/mol. The number of aryl methyl sites for hydroxylation is 2. The molecule has 0 aromatic heterocycles. The molecule has 0 bridgehead atoms. The third-order valence-electron chi connectivity index (χ3n) is 4.30. The molecule has 0 radical (unpaired) electrons. The van der Waals surface area contributed by atoms with Crippen LogP contribution < -0.4 is 9.64 Å². The fourth-order valence-corrected chi connectivity index (χ4v) is 3.13. The number of amides is 1. The van der Waals surface area contributed by atoms with Crippen LogP contribution in [0.1, 0.15) is 27.9 Å². The number of nitro benzene ring substituents is 1. The molecule has 0 aliphatic carbocycles. The maximum Gasteiger partial charge on any atom is 0.285 e. The summed E-state index contributed by atoms with van der Waals surface area (Å²) in [4.78, 5) is 25.5. The van der Waals surface area contributed by atoms with Crippen LogP contribution >= 0.6 is 0 Å². The Morgan fingerprint density at radius 2 is 2.08 bits per heavy atom. The van der Waals surface area contributed by atoms with Gasteiger partial charge in [-0.3, -0.25) is 14.9 Å². The van der Waals surface area contributed by atoms with Crippen molar-refractivity contribution >= 4 is 17.3 Å². The number of para-hydroxylation sites is 1. The van der Waals surface area contributed by atoms with Crippen molar-refractivity contribution in [2.45, 2.75) is 19.8 Å². The standard InChI is InChI=1S/C18H18N2O4/c1-12-5-3-7-15(17(12)20(22)23)18(21)19-10-4-6-13-11-14(24-2)8-9-16(13)19/h3,5,7-9,11H,4,6,10H2,1-2H3. The number of carbonyl (C=O) groups is 1. The van der Waals surface area contributed by atoms with E-state index in [-0.39, 0.29) is 17.2 Å². The van der Waals surface area contributed by atoms with Gasteiger partial charge in [-0.05, 0) is 49.6 Å². The van der Waals surface area contributed by atoms with Gasteiger partial charge in [0.1, 0.15) is 11.3 Å². The maximum atomic E-state index is 13.0. The molecule has 0 spiro atoms. The summed E-state index contributed by atoms with van der Waals surface area (Å²) in [7, 11) is 1.60. The number of hydrogen-bond acceptors (Lipinski definition) is 4. The first-order valence-corrected chi connectivity index (χ1v) is 7.75. The summed E-state index contributed by atoms with van der Waals surface area (Å²) in [5, 5.41) is 11.4. The lowest BCUT2D eigenvalue weighted by atomic mass is 9.99. The van der Waals surface area contributed by atoms with Crippen molar-refractivity contribution < 1.29 is 14.5 Å². The molecule has 0 saturated heterocycles. The van der Waals surface area contributed by atoms with Crippen molar-refractivity contribution in [2.75, 3.05) is 18.6 Å². The molecule has 0 saturated carbocycles. The average molecular weight is 326 g/mol. The van der Waals surface area contributed by atoms with Crippen LogP contribution in [0, 0.1) is 17.0 Å². The Morgan fingerprint density at radius 3 is 2.79 bits per heavy atom. The highest BCUT2D eigenvalue weighted by Gasteiger charge is 2.29. The van der Waals surface area contributed by atoms with Crippen LogP contribution in [-0.2, 0) is 6.42 Å². The third-order valence-corrected chi connectivity index (χ3v) is 4.30. The quantitative estimate of drug-likeness (QED) is 0.639. The van der Waals surface area contributed by atoms with Crippen molar-refractivity contribution in [3.05, 3.63) is 63.2 Å². The third kappa shape index (κ3) is 2.71. The fourth-order valence-electron chi connectivity index (χ4n) is 3.13. The lowest BCUT2D eigenvalue weighted by molar-refractivity contribution is -0.385. The van der Waals surface area contributed by atoms with E-state index in [1.807, 2.05) is 12.1 Å². The zero-order valence-corrected chi connectivity index (χ0v) is 13.6. The van der Waals surface area contributed by atoms with Crippen LogP contribution in [0.15, 0.2) is 36.4 Å². The van der Waals surface area contributed by atoms with Gasteiger partial charge in [-0.25, -0.2) is 0 Å². The van der Waals surface area contributed by atoms with Gasteiger partial charge in [0.25, 0.3) is 11.6 Å². The Kier molecular flexibility index (Phi) is 4.20. The van der Waals surface area contributed by atoms with E-state index in [9.17, 15) is 14.9 Å². The molecule has 1 aliphatic rings. The topological polar surface area (TPSA) is 72.7 Å². The van der Waals surface area contributed by atoms with Crippen molar-refractivity contribution in [3.63, 3.8) is 0 Å². The number of ether oxygens (including phenoxy) is 1. The molecule has 6 heteroatoms. The van der Waals surface area contributed by atoms with Crippen molar-refractivity contribution in [3.8, 4) is 5.75 Å². The molecule has 2 aromatic rings. The second-order valence-electron chi connectivity index (χ2n) is 5.78. The van der Waals surface area contributed by atoms with Gasteiger partial charge in [0.05, 0.1) is 12.0 Å². The van der Waals surface area contributed by atoms with Gasteiger partial charge < -0.3 is 9.64 Å². The second-order valence-corrected chi connectivity index (χ2v) is 5.78. The molecule has 1 heterocycles. The van der Waals surface area contributed by atoms with E-state index < -0.39 is 4.92 Å². The zero-order chi connectivity index (χ0) is 17.3. The highest BCUT2D eigenvalue weighted by molar-refractivity contribution is 6.09. The Morgan fingerprint density at radius 1 is 1.29 bits per heavy atom. The van der Waals surface area contributed by atoms with Gasteiger partial charge in [-0.1, -0.05) is 12.1 Å². The molecular formula is C18H18N2O4. The van der Waals surface area contributed by atoms with E-state index >= 15 is 0 Å². The van der Waals surface area contributed by atoms with E-state index in [4.69, 9.17) is 4.74 Å². The first-order valence-electron chi connectivity index (χ1n) is 7.75. The van der Waals surface area contributed by atoms with E-state index in [0.717, 1.165) is 29.8 Å². The molecule has 24 heavy (non-hydrogen) atoms. The van der Waals surface area contributed by atoms with Crippen molar-refractivity contribution in [2.24, 2.45) is 0 Å². The van der Waals surface area contributed by atoms with Crippen molar-refractivity contribution in [1.82, 2.24) is 0 Å². The van der Waals surface area contributed by atoms with Gasteiger partial charge in [0, 0.05) is 17.8 Å². The number of carbonyl (C=O) groups excluding carboxylic acids is 1.